The Balaban J connectivity index is 1.73. The van der Waals surface area contributed by atoms with Crippen molar-refractivity contribution in [1.82, 2.24) is 9.78 Å². The summed E-state index contributed by atoms with van der Waals surface area (Å²) in [7, 11) is 0. The van der Waals surface area contributed by atoms with Gasteiger partial charge in [-0.25, -0.2) is 4.68 Å². The molecule has 1 aromatic heterocycles. The summed E-state index contributed by atoms with van der Waals surface area (Å²) in [6.07, 6.45) is 5.83. The topological polar surface area (TPSA) is 61.0 Å². The van der Waals surface area contributed by atoms with Crippen molar-refractivity contribution in [3.63, 3.8) is 0 Å². The Labute approximate surface area is 172 Å². The molecule has 0 fully saturated rings. The molecule has 0 N–H and O–H groups in total. The number of nitro benzene ring substituents is 1. The highest BCUT2D eigenvalue weighted by Crippen LogP contribution is 2.27. The van der Waals surface area contributed by atoms with Gasteiger partial charge < -0.3 is 0 Å². The van der Waals surface area contributed by atoms with Crippen LogP contribution in [0.2, 0.25) is 5.02 Å². The Morgan fingerprint density at radius 2 is 1.59 bits per heavy atom. The Bertz CT molecular complexity index is 1170. The van der Waals surface area contributed by atoms with Crippen molar-refractivity contribution in [3.05, 3.63) is 111 Å². The minimum atomic E-state index is -0.407. The van der Waals surface area contributed by atoms with Gasteiger partial charge in [0.1, 0.15) is 0 Å². The average Bonchev–Trinajstić information content (AvgIpc) is 3.18. The molecule has 29 heavy (non-hydrogen) atoms. The number of para-hydroxylation sites is 1. The number of benzene rings is 3. The van der Waals surface area contributed by atoms with Gasteiger partial charge >= 0.3 is 0 Å². The normalized spacial score (nSPS) is 11.1. The molecule has 0 aliphatic rings. The molecule has 0 radical (unpaired) electrons. The fourth-order valence-corrected chi connectivity index (χ4v) is 3.07. The van der Waals surface area contributed by atoms with Crippen LogP contribution in [0.3, 0.4) is 0 Å². The van der Waals surface area contributed by atoms with Gasteiger partial charge in [-0.3, -0.25) is 10.1 Å². The van der Waals surface area contributed by atoms with Gasteiger partial charge in [0.25, 0.3) is 5.69 Å². The van der Waals surface area contributed by atoms with E-state index in [4.69, 9.17) is 16.7 Å². The highest BCUT2D eigenvalue weighted by Gasteiger charge is 2.11. The van der Waals surface area contributed by atoms with Crippen LogP contribution in [-0.4, -0.2) is 14.7 Å². The molecular weight excluding hydrogens is 386 g/mol. The van der Waals surface area contributed by atoms with Crippen LogP contribution in [0.15, 0.2) is 85.1 Å². The lowest BCUT2D eigenvalue weighted by molar-refractivity contribution is -0.384. The van der Waals surface area contributed by atoms with E-state index < -0.39 is 4.92 Å². The second kappa shape index (κ2) is 8.12. The van der Waals surface area contributed by atoms with E-state index in [0.29, 0.717) is 5.02 Å². The van der Waals surface area contributed by atoms with Crippen molar-refractivity contribution in [1.29, 1.82) is 0 Å². The van der Waals surface area contributed by atoms with Crippen LogP contribution in [0.1, 0.15) is 11.1 Å². The van der Waals surface area contributed by atoms with E-state index in [1.165, 1.54) is 12.1 Å². The van der Waals surface area contributed by atoms with Crippen molar-refractivity contribution in [2.75, 3.05) is 0 Å². The lowest BCUT2D eigenvalue weighted by atomic mass is 10.1. The highest BCUT2D eigenvalue weighted by molar-refractivity contribution is 6.30. The van der Waals surface area contributed by atoms with Crippen LogP contribution < -0.4 is 0 Å². The largest absolute Gasteiger partial charge is 0.269 e. The first-order valence-corrected chi connectivity index (χ1v) is 9.31. The number of aromatic nitrogens is 2. The van der Waals surface area contributed by atoms with E-state index >= 15 is 0 Å². The van der Waals surface area contributed by atoms with Crippen molar-refractivity contribution >= 4 is 29.4 Å². The second-order valence-electron chi connectivity index (χ2n) is 6.40. The van der Waals surface area contributed by atoms with Crippen molar-refractivity contribution in [3.8, 4) is 16.9 Å². The highest BCUT2D eigenvalue weighted by atomic mass is 35.5. The number of hydrogen-bond acceptors (Lipinski definition) is 3. The minimum absolute atomic E-state index is 0.0703. The van der Waals surface area contributed by atoms with Crippen LogP contribution in [-0.2, 0) is 0 Å². The molecule has 6 heteroatoms. The molecule has 142 valence electrons. The summed E-state index contributed by atoms with van der Waals surface area (Å²) in [4.78, 5) is 10.4. The molecule has 1 heterocycles. The molecule has 5 nitrogen and oxygen atoms in total. The molecule has 0 saturated heterocycles. The summed E-state index contributed by atoms with van der Waals surface area (Å²) in [6, 6.07) is 23.8. The lowest BCUT2D eigenvalue weighted by Gasteiger charge is -2.01. The van der Waals surface area contributed by atoms with E-state index in [1.54, 1.807) is 12.1 Å². The molecule has 0 atom stereocenters. The van der Waals surface area contributed by atoms with Gasteiger partial charge in [-0.2, -0.15) is 5.10 Å². The first-order chi connectivity index (χ1) is 14.1. The zero-order valence-electron chi connectivity index (χ0n) is 15.3. The molecule has 4 aromatic rings. The van der Waals surface area contributed by atoms with Crippen LogP contribution in [0, 0.1) is 10.1 Å². The summed E-state index contributed by atoms with van der Waals surface area (Å²) in [5.41, 5.74) is 4.59. The lowest BCUT2D eigenvalue weighted by Crippen LogP contribution is -1.93. The Hall–Kier alpha value is -3.70. The third kappa shape index (κ3) is 4.25. The summed E-state index contributed by atoms with van der Waals surface area (Å²) in [6.45, 7) is 0. The van der Waals surface area contributed by atoms with Gasteiger partial charge in [0.2, 0.25) is 0 Å². The predicted molar refractivity (Wildman–Crippen MR) is 116 cm³/mol. The van der Waals surface area contributed by atoms with E-state index in [2.05, 4.69) is 0 Å². The molecule has 4 rings (SSSR count). The standard InChI is InChI=1S/C23H16ClN3O2/c24-20-12-10-18(11-13-20)23-19(16-26(25-23)21-4-2-1-3-5-21)9-6-17-7-14-22(15-8-17)27(28)29/h1-16H/b9-6+. The average molecular weight is 402 g/mol. The number of rotatable bonds is 5. The summed E-state index contributed by atoms with van der Waals surface area (Å²) in [5, 5.41) is 16.3. The van der Waals surface area contributed by atoms with Crippen LogP contribution in [0.25, 0.3) is 29.1 Å². The summed E-state index contributed by atoms with van der Waals surface area (Å²) < 4.78 is 1.83. The molecule has 0 amide bonds. The maximum Gasteiger partial charge on any atom is 0.269 e. The molecule has 0 saturated carbocycles. The summed E-state index contributed by atoms with van der Waals surface area (Å²) in [5.74, 6) is 0. The third-order valence-electron chi connectivity index (χ3n) is 4.44. The van der Waals surface area contributed by atoms with Crippen LogP contribution in [0.4, 0.5) is 5.69 Å². The van der Waals surface area contributed by atoms with Crippen LogP contribution >= 0.6 is 11.6 Å². The first-order valence-electron chi connectivity index (χ1n) is 8.94. The Morgan fingerprint density at radius 3 is 2.24 bits per heavy atom. The number of hydrogen-bond donors (Lipinski definition) is 0. The van der Waals surface area contributed by atoms with Gasteiger partial charge in [-0.1, -0.05) is 54.1 Å². The van der Waals surface area contributed by atoms with Gasteiger partial charge in [0.05, 0.1) is 16.3 Å². The number of non-ortho nitro benzene ring substituents is 1. The molecule has 0 aliphatic heterocycles. The zero-order chi connectivity index (χ0) is 20.2. The van der Waals surface area contributed by atoms with Crippen molar-refractivity contribution in [2.45, 2.75) is 0 Å². The van der Waals surface area contributed by atoms with Gasteiger partial charge in [0.15, 0.2) is 0 Å². The van der Waals surface area contributed by atoms with E-state index in [9.17, 15) is 10.1 Å². The van der Waals surface area contributed by atoms with Gasteiger partial charge in [0, 0.05) is 34.5 Å². The van der Waals surface area contributed by atoms with Gasteiger partial charge in [-0.15, -0.1) is 0 Å². The zero-order valence-corrected chi connectivity index (χ0v) is 16.0. The third-order valence-corrected chi connectivity index (χ3v) is 4.69. The molecule has 3 aromatic carbocycles. The molecular formula is C23H16ClN3O2. The number of nitro groups is 1. The SMILES string of the molecule is O=[N+]([O-])c1ccc(/C=C/c2cn(-c3ccccc3)nc2-c2ccc(Cl)cc2)cc1. The smallest absolute Gasteiger partial charge is 0.258 e. The summed E-state index contributed by atoms with van der Waals surface area (Å²) >= 11 is 6.03. The van der Waals surface area contributed by atoms with E-state index in [1.807, 2.05) is 77.6 Å². The second-order valence-corrected chi connectivity index (χ2v) is 6.84. The Morgan fingerprint density at radius 1 is 0.897 bits per heavy atom. The molecule has 0 unspecified atom stereocenters. The Kier molecular flexibility index (Phi) is 5.22. The minimum Gasteiger partial charge on any atom is -0.258 e. The number of nitrogens with zero attached hydrogens (tertiary/aromatic N) is 3. The van der Waals surface area contributed by atoms with E-state index in [-0.39, 0.29) is 5.69 Å². The molecule has 0 aliphatic carbocycles. The monoisotopic (exact) mass is 401 g/mol. The van der Waals surface area contributed by atoms with Gasteiger partial charge in [-0.05, 0) is 42.0 Å². The number of halogens is 1. The van der Waals surface area contributed by atoms with Crippen LogP contribution in [0.5, 0.6) is 0 Å². The fraction of sp³-hybridized carbons (Fsp3) is 0. The van der Waals surface area contributed by atoms with Crippen molar-refractivity contribution in [2.24, 2.45) is 0 Å². The first kappa shape index (κ1) is 18.7. The fourth-order valence-electron chi connectivity index (χ4n) is 2.95. The maximum absolute atomic E-state index is 10.8. The van der Waals surface area contributed by atoms with E-state index in [0.717, 1.165) is 28.1 Å². The quantitative estimate of drug-likeness (QED) is 0.292. The van der Waals surface area contributed by atoms with Crippen molar-refractivity contribution < 1.29 is 4.92 Å². The molecule has 0 bridgehead atoms. The molecule has 0 spiro atoms. The predicted octanol–water partition coefficient (Wildman–Crippen LogP) is 6.27. The maximum atomic E-state index is 10.8.